The van der Waals surface area contributed by atoms with Gasteiger partial charge in [0.25, 0.3) is 0 Å². The zero-order chi connectivity index (χ0) is 12.6. The summed E-state index contributed by atoms with van der Waals surface area (Å²) in [6.45, 7) is 0. The van der Waals surface area contributed by atoms with Crippen molar-refractivity contribution in [3.8, 4) is 0 Å². The summed E-state index contributed by atoms with van der Waals surface area (Å²) >= 11 is 0. The number of hydrogen-bond acceptors (Lipinski definition) is 1. The third-order valence-electron chi connectivity index (χ3n) is 2.99. The number of hydroxylamine groups is 1. The Labute approximate surface area is 97.0 Å². The van der Waals surface area contributed by atoms with E-state index in [1.54, 1.807) is 0 Å². The lowest BCUT2D eigenvalue weighted by atomic mass is 9.88. The van der Waals surface area contributed by atoms with Gasteiger partial charge in [0.15, 0.2) is 5.71 Å². The van der Waals surface area contributed by atoms with Crippen LogP contribution in [0.5, 0.6) is 0 Å². The number of hydrogen-bond donors (Lipinski definition) is 0. The Kier molecular flexibility index (Phi) is 2.85. The summed E-state index contributed by atoms with van der Waals surface area (Å²) in [6, 6.07) is 3.63. The fourth-order valence-corrected chi connectivity index (χ4v) is 2.15. The zero-order valence-corrected chi connectivity index (χ0v) is 9.34. The van der Waals surface area contributed by atoms with E-state index in [1.165, 1.54) is 13.1 Å². The van der Waals surface area contributed by atoms with E-state index >= 15 is 0 Å². The van der Waals surface area contributed by atoms with E-state index in [2.05, 4.69) is 0 Å². The van der Waals surface area contributed by atoms with Gasteiger partial charge in [0.2, 0.25) is 0 Å². The highest BCUT2D eigenvalue weighted by Gasteiger charge is 2.32. The summed E-state index contributed by atoms with van der Waals surface area (Å²) in [6.07, 6.45) is -2.29. The van der Waals surface area contributed by atoms with Crippen molar-refractivity contribution in [3.05, 3.63) is 40.1 Å². The molecule has 0 aromatic heterocycles. The van der Waals surface area contributed by atoms with Crippen molar-refractivity contribution >= 4 is 5.71 Å². The average molecular weight is 243 g/mol. The molecule has 0 fully saturated rings. The molecule has 0 aliphatic heterocycles. The van der Waals surface area contributed by atoms with Gasteiger partial charge in [-0.3, -0.25) is 0 Å². The molecule has 2 rings (SSSR count). The molecule has 0 spiro atoms. The van der Waals surface area contributed by atoms with Crippen molar-refractivity contribution in [2.45, 2.75) is 25.4 Å². The number of halogens is 3. The van der Waals surface area contributed by atoms with Crippen LogP contribution in [0.3, 0.4) is 0 Å². The molecule has 0 heterocycles. The number of benzene rings is 1. The molecule has 1 aliphatic rings. The van der Waals surface area contributed by atoms with Crippen LogP contribution in [0.15, 0.2) is 18.2 Å². The molecule has 1 aromatic carbocycles. The second-order valence-electron chi connectivity index (χ2n) is 4.17. The highest BCUT2D eigenvalue weighted by atomic mass is 19.4. The van der Waals surface area contributed by atoms with Crippen LogP contribution in [-0.4, -0.2) is 17.5 Å². The predicted molar refractivity (Wildman–Crippen MR) is 58.0 cm³/mol. The van der Waals surface area contributed by atoms with Crippen LogP contribution in [0.2, 0.25) is 0 Å². The Bertz CT molecular complexity index is 473. The third kappa shape index (κ3) is 2.28. The molecule has 17 heavy (non-hydrogen) atoms. The first kappa shape index (κ1) is 12.0. The van der Waals surface area contributed by atoms with Gasteiger partial charge in [-0.1, -0.05) is 6.07 Å². The van der Waals surface area contributed by atoms with Crippen molar-refractivity contribution in [1.29, 1.82) is 0 Å². The van der Waals surface area contributed by atoms with Crippen molar-refractivity contribution in [1.82, 2.24) is 0 Å². The SMILES string of the molecule is C/[N+]([O-])=C1/CCCc2ccc(C(F)(F)F)cc21. The lowest BCUT2D eigenvalue weighted by Gasteiger charge is -2.18. The monoisotopic (exact) mass is 243 g/mol. The number of fused-ring (bicyclic) bond motifs is 1. The largest absolute Gasteiger partial charge is 0.624 e. The van der Waals surface area contributed by atoms with Crippen molar-refractivity contribution in [2.75, 3.05) is 7.05 Å². The average Bonchev–Trinajstić information content (AvgIpc) is 2.26. The first-order valence-corrected chi connectivity index (χ1v) is 5.37. The van der Waals surface area contributed by atoms with E-state index in [9.17, 15) is 18.4 Å². The molecule has 0 unspecified atom stereocenters. The van der Waals surface area contributed by atoms with Gasteiger partial charge in [0.1, 0.15) is 7.05 Å². The second-order valence-corrected chi connectivity index (χ2v) is 4.17. The van der Waals surface area contributed by atoms with E-state index in [0.29, 0.717) is 22.4 Å². The standard InChI is InChI=1S/C12H12F3NO/c1-16(17)11-4-2-3-8-5-6-9(7-10(8)11)12(13,14)15/h5-7H,2-4H2,1H3/b16-11+. The Hall–Kier alpha value is -1.52. The fraction of sp³-hybridized carbons (Fsp3) is 0.417. The van der Waals surface area contributed by atoms with E-state index < -0.39 is 11.7 Å². The number of nitrogens with zero attached hydrogens (tertiary/aromatic N) is 1. The minimum absolute atomic E-state index is 0.442. The summed E-state index contributed by atoms with van der Waals surface area (Å²) in [5.74, 6) is 0. The topological polar surface area (TPSA) is 26.1 Å². The van der Waals surface area contributed by atoms with Crippen molar-refractivity contribution < 1.29 is 17.9 Å². The van der Waals surface area contributed by atoms with E-state index in [1.807, 2.05) is 0 Å². The number of aryl methyl sites for hydroxylation is 1. The molecular formula is C12H12F3NO. The smallest absolute Gasteiger partial charge is 0.416 e. The van der Waals surface area contributed by atoms with E-state index in [4.69, 9.17) is 0 Å². The van der Waals surface area contributed by atoms with Crippen LogP contribution in [0, 0.1) is 5.21 Å². The molecule has 0 saturated carbocycles. The molecule has 0 saturated heterocycles. The Balaban J connectivity index is 2.56. The predicted octanol–water partition coefficient (Wildman–Crippen LogP) is 2.97. The van der Waals surface area contributed by atoms with Crippen LogP contribution in [0.1, 0.15) is 29.5 Å². The molecule has 0 bridgehead atoms. The Morgan fingerprint density at radius 1 is 1.24 bits per heavy atom. The maximum atomic E-state index is 12.6. The lowest BCUT2D eigenvalue weighted by molar-refractivity contribution is -0.423. The lowest BCUT2D eigenvalue weighted by Crippen LogP contribution is -2.21. The molecule has 92 valence electrons. The van der Waals surface area contributed by atoms with Crippen molar-refractivity contribution in [3.63, 3.8) is 0 Å². The Morgan fingerprint density at radius 3 is 2.53 bits per heavy atom. The van der Waals surface area contributed by atoms with Gasteiger partial charge in [-0.2, -0.15) is 13.2 Å². The fourth-order valence-electron chi connectivity index (χ4n) is 2.15. The second kappa shape index (κ2) is 4.05. The normalized spacial score (nSPS) is 18.8. The van der Waals surface area contributed by atoms with Crippen molar-refractivity contribution in [2.24, 2.45) is 0 Å². The van der Waals surface area contributed by atoms with Gasteiger partial charge in [0.05, 0.1) is 5.56 Å². The molecule has 0 radical (unpaired) electrons. The van der Waals surface area contributed by atoms with Gasteiger partial charge < -0.3 is 5.21 Å². The maximum Gasteiger partial charge on any atom is 0.416 e. The molecule has 2 nitrogen and oxygen atoms in total. The minimum Gasteiger partial charge on any atom is -0.624 e. The van der Waals surface area contributed by atoms with Gasteiger partial charge in [0, 0.05) is 12.0 Å². The molecule has 0 amide bonds. The number of alkyl halides is 3. The highest BCUT2D eigenvalue weighted by molar-refractivity contribution is 5.99. The van der Waals surface area contributed by atoms with Crippen LogP contribution >= 0.6 is 0 Å². The quantitative estimate of drug-likeness (QED) is 0.391. The van der Waals surface area contributed by atoms with Gasteiger partial charge in [-0.15, -0.1) is 0 Å². The van der Waals surface area contributed by atoms with E-state index in [-0.39, 0.29) is 0 Å². The Morgan fingerprint density at radius 2 is 1.94 bits per heavy atom. The first-order chi connectivity index (χ1) is 7.89. The van der Waals surface area contributed by atoms with Crippen LogP contribution in [-0.2, 0) is 12.6 Å². The highest BCUT2D eigenvalue weighted by Crippen LogP contribution is 2.32. The van der Waals surface area contributed by atoms with E-state index in [0.717, 1.165) is 30.5 Å². The number of rotatable bonds is 0. The summed E-state index contributed by atoms with van der Waals surface area (Å²) in [7, 11) is 1.32. The summed E-state index contributed by atoms with van der Waals surface area (Å²) in [4.78, 5) is 0. The molecule has 1 aromatic rings. The van der Waals surface area contributed by atoms with Crippen LogP contribution in [0.25, 0.3) is 0 Å². The maximum absolute atomic E-state index is 12.6. The van der Waals surface area contributed by atoms with Crippen LogP contribution in [0.4, 0.5) is 13.2 Å². The summed E-state index contributed by atoms with van der Waals surface area (Å²) in [5, 5.41) is 11.3. The zero-order valence-electron chi connectivity index (χ0n) is 9.34. The van der Waals surface area contributed by atoms with Gasteiger partial charge in [-0.05, 0) is 30.5 Å². The van der Waals surface area contributed by atoms with Gasteiger partial charge in [-0.25, -0.2) is 4.74 Å². The minimum atomic E-state index is -4.36. The molecular weight excluding hydrogens is 231 g/mol. The van der Waals surface area contributed by atoms with Crippen LogP contribution < -0.4 is 0 Å². The third-order valence-corrected chi connectivity index (χ3v) is 2.99. The first-order valence-electron chi connectivity index (χ1n) is 5.37. The van der Waals surface area contributed by atoms with Gasteiger partial charge >= 0.3 is 6.18 Å². The summed E-state index contributed by atoms with van der Waals surface area (Å²) in [5.41, 5.74) is 1.01. The molecule has 0 N–H and O–H groups in total. The molecule has 5 heteroatoms. The molecule has 1 aliphatic carbocycles. The molecule has 0 atom stereocenters. The summed E-state index contributed by atoms with van der Waals surface area (Å²) < 4.78 is 38.4.